The molecule has 1 aromatic carbocycles. The molecule has 1 aliphatic carbocycles. The van der Waals surface area contributed by atoms with Gasteiger partial charge in [0, 0.05) is 35.3 Å². The zero-order chi connectivity index (χ0) is 18.0. The lowest BCUT2D eigenvalue weighted by Crippen LogP contribution is -2.44. The third kappa shape index (κ3) is 4.14. The number of carbonyl (C=O) groups excluding carboxylic acids is 1. The molecule has 2 aliphatic rings. The molecule has 0 radical (unpaired) electrons. The van der Waals surface area contributed by atoms with Gasteiger partial charge < -0.3 is 10.6 Å². The van der Waals surface area contributed by atoms with E-state index in [1.165, 1.54) is 41.5 Å². The summed E-state index contributed by atoms with van der Waals surface area (Å²) in [6, 6.07) is 4.58. The smallest absolute Gasteiger partial charge is 0.160 e. The van der Waals surface area contributed by atoms with Gasteiger partial charge in [0.2, 0.25) is 0 Å². The van der Waals surface area contributed by atoms with E-state index in [0.29, 0.717) is 5.78 Å². The lowest BCUT2D eigenvalue weighted by Gasteiger charge is -2.36. The van der Waals surface area contributed by atoms with Crippen LogP contribution in [0.2, 0.25) is 0 Å². The first-order valence-corrected chi connectivity index (χ1v) is 9.71. The van der Waals surface area contributed by atoms with Crippen LogP contribution in [-0.4, -0.2) is 18.4 Å². The topological polar surface area (TPSA) is 41.1 Å². The number of hydrogen-bond donors (Lipinski definition) is 2. The van der Waals surface area contributed by atoms with Crippen molar-refractivity contribution in [2.75, 3.05) is 7.05 Å². The Labute approximate surface area is 152 Å². The largest absolute Gasteiger partial charge is 0.379 e. The van der Waals surface area contributed by atoms with E-state index in [1.54, 1.807) is 0 Å². The highest BCUT2D eigenvalue weighted by Crippen LogP contribution is 2.33. The Morgan fingerprint density at radius 1 is 1.28 bits per heavy atom. The van der Waals surface area contributed by atoms with Gasteiger partial charge in [0.1, 0.15) is 0 Å². The van der Waals surface area contributed by atoms with E-state index in [-0.39, 0.29) is 11.5 Å². The Hall–Kier alpha value is -1.61. The van der Waals surface area contributed by atoms with Crippen molar-refractivity contribution in [3.8, 4) is 0 Å². The van der Waals surface area contributed by atoms with Crippen LogP contribution >= 0.6 is 0 Å². The summed E-state index contributed by atoms with van der Waals surface area (Å²) < 4.78 is 0. The minimum Gasteiger partial charge on any atom is -0.379 e. The number of ketones is 1. The Morgan fingerprint density at radius 3 is 2.68 bits per heavy atom. The maximum Gasteiger partial charge on any atom is 0.160 e. The van der Waals surface area contributed by atoms with Crippen LogP contribution in [0.3, 0.4) is 0 Å². The fourth-order valence-corrected chi connectivity index (χ4v) is 4.30. The standard InChI is InChI=1S/C22H32N2O/c1-15-10-17-13-22(2,3)24-20(19(17)11-18(15)14-23-4)12-21(25)16-8-6-5-7-9-16/h10-12,16,23-24H,5-9,13-14H2,1-4H3/b20-12+. The predicted octanol–water partition coefficient (Wildman–Crippen LogP) is 4.13. The number of hydrogen-bond acceptors (Lipinski definition) is 3. The van der Waals surface area contributed by atoms with E-state index < -0.39 is 0 Å². The van der Waals surface area contributed by atoms with Crippen molar-refractivity contribution in [2.45, 2.75) is 71.4 Å². The maximum absolute atomic E-state index is 12.8. The van der Waals surface area contributed by atoms with Crippen LogP contribution in [0.25, 0.3) is 5.70 Å². The lowest BCUT2D eigenvalue weighted by molar-refractivity contribution is -0.119. The normalized spacial score (nSPS) is 21.7. The summed E-state index contributed by atoms with van der Waals surface area (Å²) in [5.74, 6) is 0.528. The summed E-state index contributed by atoms with van der Waals surface area (Å²) in [6.45, 7) is 7.46. The first-order valence-electron chi connectivity index (χ1n) is 9.71. The highest BCUT2D eigenvalue weighted by atomic mass is 16.1. The van der Waals surface area contributed by atoms with E-state index in [0.717, 1.165) is 31.5 Å². The number of benzene rings is 1. The Bertz CT molecular complexity index is 682. The summed E-state index contributed by atoms with van der Waals surface area (Å²) in [6.07, 6.45) is 8.66. The van der Waals surface area contributed by atoms with Gasteiger partial charge in [0.25, 0.3) is 0 Å². The number of allylic oxidation sites excluding steroid dienone is 1. The molecule has 1 heterocycles. The molecule has 2 N–H and O–H groups in total. The Kier molecular flexibility index (Phi) is 5.33. The molecule has 0 atom stereocenters. The molecule has 0 spiro atoms. The van der Waals surface area contributed by atoms with Crippen molar-refractivity contribution in [1.82, 2.24) is 10.6 Å². The monoisotopic (exact) mass is 340 g/mol. The van der Waals surface area contributed by atoms with Crippen molar-refractivity contribution < 1.29 is 4.79 Å². The quantitative estimate of drug-likeness (QED) is 0.810. The van der Waals surface area contributed by atoms with E-state index in [4.69, 9.17) is 0 Å². The zero-order valence-electron chi connectivity index (χ0n) is 16.2. The van der Waals surface area contributed by atoms with Crippen molar-refractivity contribution in [1.29, 1.82) is 0 Å². The van der Waals surface area contributed by atoms with Crippen molar-refractivity contribution in [3.05, 3.63) is 40.5 Å². The van der Waals surface area contributed by atoms with E-state index >= 15 is 0 Å². The van der Waals surface area contributed by atoms with Crippen LogP contribution in [0.15, 0.2) is 18.2 Å². The Morgan fingerprint density at radius 2 is 2.00 bits per heavy atom. The Balaban J connectivity index is 1.97. The minimum absolute atomic E-state index is 0.0252. The highest BCUT2D eigenvalue weighted by molar-refractivity contribution is 5.98. The molecule has 3 nitrogen and oxygen atoms in total. The summed E-state index contributed by atoms with van der Waals surface area (Å²) in [5, 5.41) is 6.88. The van der Waals surface area contributed by atoms with Gasteiger partial charge in [-0.1, -0.05) is 25.3 Å². The highest BCUT2D eigenvalue weighted by Gasteiger charge is 2.29. The molecule has 0 saturated heterocycles. The molecule has 1 aromatic rings. The molecule has 3 rings (SSSR count). The number of carbonyl (C=O) groups is 1. The fraction of sp³-hybridized carbons (Fsp3) is 0.591. The second kappa shape index (κ2) is 7.33. The van der Waals surface area contributed by atoms with Crippen LogP contribution < -0.4 is 10.6 Å². The summed E-state index contributed by atoms with van der Waals surface area (Å²) in [4.78, 5) is 12.8. The minimum atomic E-state index is -0.0252. The molecular formula is C22H32N2O. The summed E-state index contributed by atoms with van der Waals surface area (Å²) in [5.41, 5.74) is 6.17. The average molecular weight is 341 g/mol. The van der Waals surface area contributed by atoms with Gasteiger partial charge in [0.05, 0.1) is 0 Å². The van der Waals surface area contributed by atoms with Crippen LogP contribution in [0.1, 0.15) is 68.2 Å². The van der Waals surface area contributed by atoms with Crippen LogP contribution in [-0.2, 0) is 17.8 Å². The molecule has 136 valence electrons. The van der Waals surface area contributed by atoms with E-state index in [1.807, 2.05) is 13.1 Å². The third-order valence-electron chi connectivity index (χ3n) is 5.62. The van der Waals surface area contributed by atoms with Gasteiger partial charge in [-0.25, -0.2) is 0 Å². The second-order valence-corrected chi connectivity index (χ2v) is 8.45. The summed E-state index contributed by atoms with van der Waals surface area (Å²) in [7, 11) is 1.98. The molecule has 25 heavy (non-hydrogen) atoms. The number of aryl methyl sites for hydroxylation is 1. The van der Waals surface area contributed by atoms with Crippen molar-refractivity contribution >= 4 is 11.5 Å². The lowest BCUT2D eigenvalue weighted by atomic mass is 9.82. The summed E-state index contributed by atoms with van der Waals surface area (Å²) >= 11 is 0. The van der Waals surface area contributed by atoms with Crippen molar-refractivity contribution in [3.63, 3.8) is 0 Å². The van der Waals surface area contributed by atoms with Crippen LogP contribution in [0.4, 0.5) is 0 Å². The predicted molar refractivity (Wildman–Crippen MR) is 104 cm³/mol. The molecule has 3 heteroatoms. The molecule has 1 fully saturated rings. The molecule has 0 unspecified atom stereocenters. The molecule has 0 amide bonds. The van der Waals surface area contributed by atoms with Crippen molar-refractivity contribution in [2.24, 2.45) is 5.92 Å². The van der Waals surface area contributed by atoms with E-state index in [9.17, 15) is 4.79 Å². The first-order chi connectivity index (χ1) is 11.9. The first kappa shape index (κ1) is 18.2. The molecule has 0 aromatic heterocycles. The third-order valence-corrected chi connectivity index (χ3v) is 5.62. The van der Waals surface area contributed by atoms with Crippen LogP contribution in [0, 0.1) is 12.8 Å². The molecular weight excluding hydrogens is 308 g/mol. The number of fused-ring (bicyclic) bond motifs is 1. The van der Waals surface area contributed by atoms with Gasteiger partial charge in [-0.3, -0.25) is 4.79 Å². The second-order valence-electron chi connectivity index (χ2n) is 8.45. The molecule has 1 aliphatic heterocycles. The van der Waals surface area contributed by atoms with Gasteiger partial charge in [0.15, 0.2) is 5.78 Å². The van der Waals surface area contributed by atoms with Gasteiger partial charge in [-0.2, -0.15) is 0 Å². The number of rotatable bonds is 4. The molecule has 0 bridgehead atoms. The van der Waals surface area contributed by atoms with Crippen LogP contribution in [0.5, 0.6) is 0 Å². The average Bonchev–Trinajstić information content (AvgIpc) is 2.56. The SMILES string of the molecule is CNCc1cc2c(cc1C)CC(C)(C)N/C2=C/C(=O)C1CCCCC1. The fourth-order valence-electron chi connectivity index (χ4n) is 4.30. The molecule has 1 saturated carbocycles. The zero-order valence-corrected chi connectivity index (χ0v) is 16.2. The van der Waals surface area contributed by atoms with Gasteiger partial charge in [-0.05, 0) is 69.8 Å². The maximum atomic E-state index is 12.8. The number of nitrogens with one attached hydrogen (secondary N) is 2. The van der Waals surface area contributed by atoms with E-state index in [2.05, 4.69) is 43.5 Å². The van der Waals surface area contributed by atoms with Gasteiger partial charge >= 0.3 is 0 Å². The van der Waals surface area contributed by atoms with Gasteiger partial charge in [-0.15, -0.1) is 0 Å².